The van der Waals surface area contributed by atoms with Crippen LogP contribution in [0.2, 0.25) is 0 Å². The van der Waals surface area contributed by atoms with Gasteiger partial charge in [-0.25, -0.2) is 10.9 Å². The van der Waals surface area contributed by atoms with Crippen molar-refractivity contribution >= 4 is 33.5 Å². The van der Waals surface area contributed by atoms with Crippen LogP contribution in [0.4, 0.5) is 0 Å². The minimum absolute atomic E-state index is 0.161. The second-order valence-electron chi connectivity index (χ2n) is 2.17. The highest BCUT2D eigenvalue weighted by atomic mass is 127. The van der Waals surface area contributed by atoms with E-state index in [4.69, 9.17) is 0 Å². The fourth-order valence-electron chi connectivity index (χ4n) is 0.696. The van der Waals surface area contributed by atoms with Gasteiger partial charge in [-0.15, -0.1) is 0 Å². The predicted molar refractivity (Wildman–Crippen MR) is 57.7 cm³/mol. The zero-order chi connectivity index (χ0) is 7.56. The normalized spacial score (nSPS) is 11.3. The molecule has 0 spiro atoms. The van der Waals surface area contributed by atoms with Gasteiger partial charge in [0.15, 0.2) is 0 Å². The topological polar surface area (TPSA) is 0 Å². The van der Waals surface area contributed by atoms with Crippen LogP contribution in [0.25, 0.3) is 0 Å². The highest BCUT2D eigenvalue weighted by Gasteiger charge is 1.92. The molecule has 10 heavy (non-hydrogen) atoms. The SMILES string of the molecule is [CH2][SH](C)c1ccc(I)cc1. The van der Waals surface area contributed by atoms with E-state index >= 15 is 0 Å². The van der Waals surface area contributed by atoms with Crippen LogP contribution in [0, 0.1) is 9.83 Å². The van der Waals surface area contributed by atoms with Crippen LogP contribution in [0.3, 0.4) is 0 Å². The number of rotatable bonds is 1. The van der Waals surface area contributed by atoms with Gasteiger partial charge < -0.3 is 0 Å². The van der Waals surface area contributed by atoms with E-state index in [1.165, 1.54) is 8.47 Å². The summed E-state index contributed by atoms with van der Waals surface area (Å²) >= 11 is 2.31. The molecule has 0 N–H and O–H groups in total. The fraction of sp³-hybridized carbons (Fsp3) is 0.125. The minimum Gasteiger partial charge on any atom is -0.229 e. The number of hydrogen-bond donors (Lipinski definition) is 1. The van der Waals surface area contributed by atoms with Crippen LogP contribution >= 0.6 is 33.5 Å². The van der Waals surface area contributed by atoms with E-state index in [-0.39, 0.29) is 10.9 Å². The molecule has 1 radical (unpaired) electrons. The monoisotopic (exact) mass is 265 g/mol. The maximum absolute atomic E-state index is 4.00. The van der Waals surface area contributed by atoms with Crippen molar-refractivity contribution in [3.63, 3.8) is 0 Å². The molecule has 2 heteroatoms. The number of hydrogen-bond acceptors (Lipinski definition) is 0. The van der Waals surface area contributed by atoms with E-state index in [1.54, 1.807) is 0 Å². The molecule has 0 aliphatic carbocycles. The van der Waals surface area contributed by atoms with Crippen molar-refractivity contribution in [2.75, 3.05) is 6.26 Å². The Balaban J connectivity index is 2.89. The third-order valence-electron chi connectivity index (χ3n) is 1.27. The van der Waals surface area contributed by atoms with Crippen molar-refractivity contribution in [1.29, 1.82) is 0 Å². The van der Waals surface area contributed by atoms with Gasteiger partial charge in [-0.1, -0.05) is 0 Å². The van der Waals surface area contributed by atoms with Crippen molar-refractivity contribution in [3.8, 4) is 0 Å². The molecule has 55 valence electrons. The van der Waals surface area contributed by atoms with Gasteiger partial charge in [0.1, 0.15) is 0 Å². The standard InChI is InChI=1S/C8H10IS/c1-10(2)8-5-3-7(9)4-6-8/h3-6,10H,1H2,2H3. The molecule has 1 aromatic rings. The lowest BCUT2D eigenvalue weighted by molar-refractivity contribution is 1.44. The van der Waals surface area contributed by atoms with Gasteiger partial charge in [0.05, 0.1) is 0 Å². The Morgan fingerprint density at radius 2 is 1.80 bits per heavy atom. The molecule has 0 fully saturated rings. The Hall–Kier alpha value is 0.300. The summed E-state index contributed by atoms with van der Waals surface area (Å²) in [5.41, 5.74) is 0. The second-order valence-corrected chi connectivity index (χ2v) is 5.33. The Bertz CT molecular complexity index is 203. The quantitative estimate of drug-likeness (QED) is 0.585. The third-order valence-corrected chi connectivity index (χ3v) is 3.17. The van der Waals surface area contributed by atoms with Crippen molar-refractivity contribution in [2.24, 2.45) is 0 Å². The van der Waals surface area contributed by atoms with Crippen LogP contribution in [-0.2, 0) is 0 Å². The summed E-state index contributed by atoms with van der Waals surface area (Å²) in [5.74, 6) is 0. The smallest absolute Gasteiger partial charge is 0.0131 e. The first-order chi connectivity index (χ1) is 4.70. The van der Waals surface area contributed by atoms with Gasteiger partial charge in [0.2, 0.25) is 0 Å². The summed E-state index contributed by atoms with van der Waals surface area (Å²) in [5, 5.41) is 0. The van der Waals surface area contributed by atoms with Crippen molar-refractivity contribution in [1.82, 2.24) is 0 Å². The summed E-state index contributed by atoms with van der Waals surface area (Å²) in [4.78, 5) is 1.37. The van der Waals surface area contributed by atoms with Crippen LogP contribution in [0.1, 0.15) is 0 Å². The molecule has 0 aliphatic heterocycles. The van der Waals surface area contributed by atoms with E-state index in [0.29, 0.717) is 0 Å². The Kier molecular flexibility index (Phi) is 3.04. The number of halogens is 1. The first-order valence-corrected chi connectivity index (χ1v) is 6.05. The lowest BCUT2D eigenvalue weighted by Gasteiger charge is -2.07. The van der Waals surface area contributed by atoms with Crippen LogP contribution < -0.4 is 0 Å². The number of benzene rings is 1. The Morgan fingerprint density at radius 3 is 2.20 bits per heavy atom. The maximum atomic E-state index is 4.00. The average molecular weight is 265 g/mol. The van der Waals surface area contributed by atoms with E-state index in [2.05, 4.69) is 59.4 Å². The Labute approximate surface area is 78.5 Å². The fourth-order valence-corrected chi connectivity index (χ4v) is 1.71. The summed E-state index contributed by atoms with van der Waals surface area (Å²) in [6.45, 7) is 0. The summed E-state index contributed by atoms with van der Waals surface area (Å²) in [7, 11) is -0.161. The van der Waals surface area contributed by atoms with E-state index in [1.807, 2.05) is 0 Å². The van der Waals surface area contributed by atoms with Gasteiger partial charge >= 0.3 is 0 Å². The van der Waals surface area contributed by atoms with Gasteiger partial charge in [0.25, 0.3) is 0 Å². The average Bonchev–Trinajstić information content (AvgIpc) is 1.88. The maximum Gasteiger partial charge on any atom is 0.0131 e. The largest absolute Gasteiger partial charge is 0.229 e. The minimum atomic E-state index is -0.161. The molecular weight excluding hydrogens is 255 g/mol. The lowest BCUT2D eigenvalue weighted by atomic mass is 10.4. The van der Waals surface area contributed by atoms with Crippen LogP contribution in [0.5, 0.6) is 0 Å². The van der Waals surface area contributed by atoms with Gasteiger partial charge in [-0.2, -0.15) is 0 Å². The predicted octanol–water partition coefficient (Wildman–Crippen LogP) is 3.07. The molecule has 1 atom stereocenters. The molecule has 1 rings (SSSR count). The van der Waals surface area contributed by atoms with E-state index in [9.17, 15) is 0 Å². The molecule has 1 aromatic carbocycles. The molecule has 0 nitrogen and oxygen atoms in total. The Morgan fingerprint density at radius 1 is 1.30 bits per heavy atom. The second kappa shape index (κ2) is 3.62. The molecular formula is C8H10IS. The molecule has 1 unspecified atom stereocenters. The highest BCUT2D eigenvalue weighted by Crippen LogP contribution is 2.29. The molecule has 0 saturated heterocycles. The number of thiol groups is 1. The zero-order valence-electron chi connectivity index (χ0n) is 5.84. The van der Waals surface area contributed by atoms with Gasteiger partial charge in [-0.05, 0) is 64.3 Å². The highest BCUT2D eigenvalue weighted by molar-refractivity contribution is 14.1. The van der Waals surface area contributed by atoms with Crippen molar-refractivity contribution in [3.05, 3.63) is 34.1 Å². The van der Waals surface area contributed by atoms with Crippen molar-refractivity contribution in [2.45, 2.75) is 4.90 Å². The molecule has 0 heterocycles. The summed E-state index contributed by atoms with van der Waals surface area (Å²) in [6.07, 6.45) is 6.16. The first-order valence-electron chi connectivity index (χ1n) is 3.00. The van der Waals surface area contributed by atoms with Crippen LogP contribution in [-0.4, -0.2) is 6.26 Å². The molecule has 0 amide bonds. The molecule has 0 saturated carbocycles. The van der Waals surface area contributed by atoms with E-state index < -0.39 is 0 Å². The molecule has 0 aliphatic rings. The zero-order valence-corrected chi connectivity index (χ0v) is 8.89. The van der Waals surface area contributed by atoms with Crippen LogP contribution in [0.15, 0.2) is 29.2 Å². The first kappa shape index (κ1) is 8.40. The van der Waals surface area contributed by atoms with Gasteiger partial charge in [-0.3, -0.25) is 0 Å². The molecule has 0 bridgehead atoms. The third kappa shape index (κ3) is 2.16. The van der Waals surface area contributed by atoms with Crippen molar-refractivity contribution < 1.29 is 0 Å². The summed E-state index contributed by atoms with van der Waals surface area (Å²) < 4.78 is 1.29. The van der Waals surface area contributed by atoms with Gasteiger partial charge in [0, 0.05) is 3.57 Å². The van der Waals surface area contributed by atoms with E-state index in [0.717, 1.165) is 0 Å². The lowest BCUT2D eigenvalue weighted by Crippen LogP contribution is -1.75. The summed E-state index contributed by atoms with van der Waals surface area (Å²) in [6, 6.07) is 8.56. The molecule has 0 aromatic heterocycles.